The molecule has 1 heterocycles. The quantitative estimate of drug-likeness (QED) is 0.865. The van der Waals surface area contributed by atoms with Gasteiger partial charge in [0.2, 0.25) is 0 Å². The molecule has 0 spiro atoms. The minimum Gasteiger partial charge on any atom is -0.337 e. The van der Waals surface area contributed by atoms with Crippen molar-refractivity contribution in [1.82, 2.24) is 10.2 Å². The van der Waals surface area contributed by atoms with E-state index in [1.807, 2.05) is 6.92 Å². The SMILES string of the molecule is CCN(CC1CCCCN1)C(=O)c1cc(F)c(Cl)cc1F. The smallest absolute Gasteiger partial charge is 0.256 e. The lowest BCUT2D eigenvalue weighted by atomic mass is 10.0. The minimum atomic E-state index is -0.790. The Kier molecular flexibility index (Phi) is 5.53. The number of piperidine rings is 1. The van der Waals surface area contributed by atoms with Crippen molar-refractivity contribution in [1.29, 1.82) is 0 Å². The predicted molar refractivity (Wildman–Crippen MR) is 78.6 cm³/mol. The van der Waals surface area contributed by atoms with Crippen LogP contribution in [0.4, 0.5) is 8.78 Å². The van der Waals surface area contributed by atoms with Crippen molar-refractivity contribution in [2.24, 2.45) is 0 Å². The van der Waals surface area contributed by atoms with Crippen LogP contribution < -0.4 is 5.32 Å². The van der Waals surface area contributed by atoms with Crippen LogP contribution in [0, 0.1) is 11.6 Å². The topological polar surface area (TPSA) is 32.3 Å². The van der Waals surface area contributed by atoms with Crippen molar-refractivity contribution in [2.75, 3.05) is 19.6 Å². The molecule has 116 valence electrons. The van der Waals surface area contributed by atoms with Gasteiger partial charge in [0.25, 0.3) is 5.91 Å². The highest BCUT2D eigenvalue weighted by Crippen LogP contribution is 2.21. The van der Waals surface area contributed by atoms with Crippen LogP contribution in [-0.2, 0) is 0 Å². The van der Waals surface area contributed by atoms with Gasteiger partial charge >= 0.3 is 0 Å². The number of hydrogen-bond acceptors (Lipinski definition) is 2. The molecule has 1 atom stereocenters. The zero-order chi connectivity index (χ0) is 15.4. The van der Waals surface area contributed by atoms with E-state index in [2.05, 4.69) is 5.32 Å². The molecule has 6 heteroatoms. The number of halogens is 3. The normalized spacial score (nSPS) is 18.6. The van der Waals surface area contributed by atoms with E-state index in [9.17, 15) is 13.6 Å². The highest BCUT2D eigenvalue weighted by molar-refractivity contribution is 6.30. The number of carbonyl (C=O) groups is 1. The molecule has 1 aromatic rings. The van der Waals surface area contributed by atoms with Crippen molar-refractivity contribution in [3.8, 4) is 0 Å². The lowest BCUT2D eigenvalue weighted by Crippen LogP contribution is -2.45. The maximum atomic E-state index is 13.8. The van der Waals surface area contributed by atoms with Crippen molar-refractivity contribution in [3.63, 3.8) is 0 Å². The van der Waals surface area contributed by atoms with E-state index in [-0.39, 0.29) is 16.6 Å². The zero-order valence-corrected chi connectivity index (χ0v) is 12.7. The van der Waals surface area contributed by atoms with Gasteiger partial charge in [-0.3, -0.25) is 4.79 Å². The Morgan fingerprint density at radius 1 is 1.38 bits per heavy atom. The minimum absolute atomic E-state index is 0.211. The number of amides is 1. The highest BCUT2D eigenvalue weighted by atomic mass is 35.5. The molecule has 1 N–H and O–H groups in total. The first-order valence-corrected chi connectivity index (χ1v) is 7.58. The predicted octanol–water partition coefficient (Wildman–Crippen LogP) is 3.22. The zero-order valence-electron chi connectivity index (χ0n) is 12.0. The largest absolute Gasteiger partial charge is 0.337 e. The third-order valence-corrected chi connectivity index (χ3v) is 4.05. The second kappa shape index (κ2) is 7.18. The van der Waals surface area contributed by atoms with Crippen LogP contribution in [-0.4, -0.2) is 36.5 Å². The van der Waals surface area contributed by atoms with Crippen LogP contribution >= 0.6 is 11.6 Å². The first-order valence-electron chi connectivity index (χ1n) is 7.20. The fourth-order valence-electron chi connectivity index (χ4n) is 2.56. The third-order valence-electron chi connectivity index (χ3n) is 3.76. The fraction of sp³-hybridized carbons (Fsp3) is 0.533. The average Bonchev–Trinajstić information content (AvgIpc) is 2.49. The molecule has 3 nitrogen and oxygen atoms in total. The first kappa shape index (κ1) is 16.2. The summed E-state index contributed by atoms with van der Waals surface area (Å²) >= 11 is 5.51. The van der Waals surface area contributed by atoms with E-state index in [1.165, 1.54) is 4.90 Å². The maximum absolute atomic E-state index is 13.8. The fourth-order valence-corrected chi connectivity index (χ4v) is 2.71. The van der Waals surface area contributed by atoms with Gasteiger partial charge in [-0.25, -0.2) is 8.78 Å². The van der Waals surface area contributed by atoms with Gasteiger partial charge in [-0.15, -0.1) is 0 Å². The Morgan fingerprint density at radius 2 is 2.14 bits per heavy atom. The Morgan fingerprint density at radius 3 is 2.76 bits per heavy atom. The van der Waals surface area contributed by atoms with E-state index < -0.39 is 17.5 Å². The number of rotatable bonds is 4. The Hall–Kier alpha value is -1.20. The van der Waals surface area contributed by atoms with Gasteiger partial charge in [0.05, 0.1) is 10.6 Å². The highest BCUT2D eigenvalue weighted by Gasteiger charge is 2.23. The van der Waals surface area contributed by atoms with Crippen LogP contribution in [0.1, 0.15) is 36.5 Å². The number of carbonyl (C=O) groups excluding carboxylic acids is 1. The van der Waals surface area contributed by atoms with E-state index >= 15 is 0 Å². The summed E-state index contributed by atoms with van der Waals surface area (Å²) < 4.78 is 27.3. The van der Waals surface area contributed by atoms with E-state index in [0.717, 1.165) is 37.9 Å². The summed E-state index contributed by atoms with van der Waals surface area (Å²) in [5.41, 5.74) is -0.269. The molecule has 1 fully saturated rings. The molecular formula is C15H19ClF2N2O. The van der Waals surface area contributed by atoms with Gasteiger partial charge in [-0.1, -0.05) is 18.0 Å². The molecular weight excluding hydrogens is 298 g/mol. The maximum Gasteiger partial charge on any atom is 0.256 e. The summed E-state index contributed by atoms with van der Waals surface area (Å²) in [5, 5.41) is 3.02. The Labute approximate surface area is 128 Å². The van der Waals surface area contributed by atoms with Gasteiger partial charge in [-0.2, -0.15) is 0 Å². The van der Waals surface area contributed by atoms with E-state index in [4.69, 9.17) is 11.6 Å². The van der Waals surface area contributed by atoms with Crippen LogP contribution in [0.5, 0.6) is 0 Å². The number of nitrogens with zero attached hydrogens (tertiary/aromatic N) is 1. The van der Waals surface area contributed by atoms with Crippen molar-refractivity contribution in [3.05, 3.63) is 34.4 Å². The summed E-state index contributed by atoms with van der Waals surface area (Å²) in [7, 11) is 0. The Bertz CT molecular complexity index is 519. The van der Waals surface area contributed by atoms with Gasteiger partial charge < -0.3 is 10.2 Å². The Balaban J connectivity index is 2.14. The average molecular weight is 317 g/mol. The second-order valence-corrected chi connectivity index (χ2v) is 5.64. The van der Waals surface area contributed by atoms with Crippen molar-refractivity contribution >= 4 is 17.5 Å². The summed E-state index contributed by atoms with van der Waals surface area (Å²) in [6.07, 6.45) is 3.24. The molecule has 1 amide bonds. The molecule has 0 aromatic heterocycles. The number of likely N-dealkylation sites (N-methyl/N-ethyl adjacent to an activating group) is 1. The van der Waals surface area contributed by atoms with Crippen LogP contribution in [0.3, 0.4) is 0 Å². The molecule has 1 saturated heterocycles. The molecule has 0 saturated carbocycles. The van der Waals surface area contributed by atoms with Crippen LogP contribution in [0.15, 0.2) is 12.1 Å². The summed E-state index contributed by atoms with van der Waals surface area (Å²) in [6.45, 7) is 3.70. The van der Waals surface area contributed by atoms with Gasteiger partial charge in [-0.05, 0) is 38.4 Å². The van der Waals surface area contributed by atoms with E-state index in [1.54, 1.807) is 0 Å². The summed E-state index contributed by atoms with van der Waals surface area (Å²) in [5.74, 6) is -2.08. The number of benzene rings is 1. The van der Waals surface area contributed by atoms with Crippen LogP contribution in [0.25, 0.3) is 0 Å². The van der Waals surface area contributed by atoms with Gasteiger partial charge in [0.15, 0.2) is 0 Å². The number of hydrogen-bond donors (Lipinski definition) is 1. The molecule has 0 bridgehead atoms. The van der Waals surface area contributed by atoms with E-state index in [0.29, 0.717) is 13.1 Å². The summed E-state index contributed by atoms with van der Waals surface area (Å²) in [4.78, 5) is 13.9. The van der Waals surface area contributed by atoms with Crippen LogP contribution in [0.2, 0.25) is 5.02 Å². The molecule has 1 unspecified atom stereocenters. The molecule has 1 aromatic carbocycles. The molecule has 0 aliphatic carbocycles. The monoisotopic (exact) mass is 316 g/mol. The molecule has 2 rings (SSSR count). The number of nitrogens with one attached hydrogen (secondary N) is 1. The lowest BCUT2D eigenvalue weighted by molar-refractivity contribution is 0.0736. The summed E-state index contributed by atoms with van der Waals surface area (Å²) in [6, 6.07) is 1.93. The molecule has 21 heavy (non-hydrogen) atoms. The third kappa shape index (κ3) is 3.92. The molecule has 0 radical (unpaired) electrons. The van der Waals surface area contributed by atoms with Gasteiger partial charge in [0.1, 0.15) is 11.6 Å². The second-order valence-electron chi connectivity index (χ2n) is 5.24. The first-order chi connectivity index (χ1) is 10.0. The van der Waals surface area contributed by atoms with Gasteiger partial charge in [0, 0.05) is 19.1 Å². The lowest BCUT2D eigenvalue weighted by Gasteiger charge is -2.30. The molecule has 1 aliphatic rings. The molecule has 1 aliphatic heterocycles. The van der Waals surface area contributed by atoms with Crippen molar-refractivity contribution in [2.45, 2.75) is 32.2 Å². The van der Waals surface area contributed by atoms with Crippen molar-refractivity contribution < 1.29 is 13.6 Å². The standard InChI is InChI=1S/C15H19ClF2N2O/c1-2-20(9-10-5-3-4-6-19-10)15(21)11-7-14(18)12(16)8-13(11)17/h7-8,10,19H,2-6,9H2,1H3.